The van der Waals surface area contributed by atoms with E-state index in [0.717, 1.165) is 69.6 Å². The van der Waals surface area contributed by atoms with E-state index in [2.05, 4.69) is 69.9 Å². The summed E-state index contributed by atoms with van der Waals surface area (Å²) in [6.07, 6.45) is 1.24. The molecule has 0 saturated carbocycles. The number of hydrogen-bond acceptors (Lipinski definition) is 4. The predicted octanol–water partition coefficient (Wildman–Crippen LogP) is 10.1. The second-order valence-corrected chi connectivity index (χ2v) is 13.1. The van der Waals surface area contributed by atoms with E-state index in [-0.39, 0.29) is 23.7 Å². The van der Waals surface area contributed by atoms with E-state index in [1.807, 2.05) is 36.4 Å². The molecule has 1 aliphatic rings. The van der Waals surface area contributed by atoms with Crippen molar-refractivity contribution in [2.45, 2.75) is 60.0 Å². The molecule has 0 saturated heterocycles. The third-order valence-corrected chi connectivity index (χ3v) is 9.19. The average Bonchev–Trinajstić information content (AvgIpc) is 2.96. The van der Waals surface area contributed by atoms with Crippen molar-refractivity contribution in [3.63, 3.8) is 0 Å². The number of allylic oxidation sites excluding steroid dienone is 2. The van der Waals surface area contributed by atoms with Crippen molar-refractivity contribution in [2.75, 3.05) is 23.7 Å². The van der Waals surface area contributed by atoms with Crippen LogP contribution in [0.4, 0.5) is 11.4 Å². The lowest BCUT2D eigenvalue weighted by Gasteiger charge is -2.36. The summed E-state index contributed by atoms with van der Waals surface area (Å²) in [4.78, 5) is 16.4. The summed E-state index contributed by atoms with van der Waals surface area (Å²) in [5.74, 6) is 0.669. The van der Waals surface area contributed by atoms with Gasteiger partial charge in [-0.25, -0.2) is 0 Å². The molecule has 1 atom stereocenters. The quantitative estimate of drug-likeness (QED) is 0.190. The number of nitrogen functional groups attached to an aromatic ring is 1. The molecule has 2 N–H and O–H groups in total. The van der Waals surface area contributed by atoms with Crippen molar-refractivity contribution in [1.82, 2.24) is 0 Å². The van der Waals surface area contributed by atoms with Crippen LogP contribution in [-0.4, -0.2) is 18.9 Å². The van der Waals surface area contributed by atoms with Gasteiger partial charge in [-0.05, 0) is 66.3 Å². The number of halogens is 2. The highest BCUT2D eigenvalue weighted by Gasteiger charge is 2.37. The normalized spacial score (nSPS) is 15.6. The van der Waals surface area contributed by atoms with Gasteiger partial charge in [0.1, 0.15) is 12.4 Å². The number of nitrogens with zero attached hydrogens (tertiary/aromatic N) is 1. The van der Waals surface area contributed by atoms with Gasteiger partial charge < -0.3 is 15.4 Å². The molecule has 6 heteroatoms. The fourth-order valence-corrected chi connectivity index (χ4v) is 6.89. The average molecular weight is 616 g/mol. The Balaban J connectivity index is 1.67. The van der Waals surface area contributed by atoms with Gasteiger partial charge in [0.15, 0.2) is 5.78 Å². The SMILES string of the molecule is CCN(CC)c1ccc([C@H](C)C2=C(c3c(N)ccc4ccccc34)CC(C)(C)CC2=O)c(OCc2ccc(Cl)cc2Cl)c1. The van der Waals surface area contributed by atoms with Crippen LogP contribution in [0.1, 0.15) is 70.1 Å². The van der Waals surface area contributed by atoms with Crippen molar-refractivity contribution in [2.24, 2.45) is 5.41 Å². The van der Waals surface area contributed by atoms with Gasteiger partial charge in [-0.1, -0.05) is 86.4 Å². The van der Waals surface area contributed by atoms with Gasteiger partial charge in [0, 0.05) is 75.2 Å². The second-order valence-electron chi connectivity index (χ2n) is 12.2. The van der Waals surface area contributed by atoms with Crippen LogP contribution in [0, 0.1) is 5.41 Å². The molecule has 4 aromatic rings. The highest BCUT2D eigenvalue weighted by atomic mass is 35.5. The lowest BCUT2D eigenvalue weighted by atomic mass is 9.68. The van der Waals surface area contributed by atoms with Gasteiger partial charge in [-0.15, -0.1) is 0 Å². The van der Waals surface area contributed by atoms with Gasteiger partial charge in [-0.2, -0.15) is 0 Å². The third kappa shape index (κ3) is 6.41. The Kier molecular flexibility index (Phi) is 9.10. The highest BCUT2D eigenvalue weighted by Crippen LogP contribution is 2.49. The molecule has 0 unspecified atom stereocenters. The second kappa shape index (κ2) is 12.6. The number of Topliss-reactive ketones (excluding diaryl/α,β-unsaturated/α-hetero) is 1. The van der Waals surface area contributed by atoms with E-state index in [4.69, 9.17) is 33.7 Å². The Hall–Kier alpha value is -3.47. The number of carbonyl (C=O) groups is 1. The monoisotopic (exact) mass is 614 g/mol. The molecule has 0 heterocycles. The van der Waals surface area contributed by atoms with Crippen LogP contribution < -0.4 is 15.4 Å². The van der Waals surface area contributed by atoms with E-state index in [1.54, 1.807) is 6.07 Å². The molecule has 0 spiro atoms. The minimum absolute atomic E-state index is 0.158. The van der Waals surface area contributed by atoms with Crippen LogP contribution in [0.15, 0.2) is 78.4 Å². The fourth-order valence-electron chi connectivity index (χ4n) is 6.43. The molecule has 0 aliphatic heterocycles. The number of carbonyl (C=O) groups excluding carboxylic acids is 1. The van der Waals surface area contributed by atoms with Crippen LogP contribution in [0.2, 0.25) is 10.0 Å². The summed E-state index contributed by atoms with van der Waals surface area (Å²) in [5.41, 5.74) is 12.9. The molecule has 0 bridgehead atoms. The number of ketones is 1. The molecule has 4 nitrogen and oxygen atoms in total. The number of fused-ring (bicyclic) bond motifs is 1. The van der Waals surface area contributed by atoms with Crippen molar-refractivity contribution in [1.29, 1.82) is 0 Å². The van der Waals surface area contributed by atoms with Crippen LogP contribution >= 0.6 is 23.2 Å². The lowest BCUT2D eigenvalue weighted by Crippen LogP contribution is -2.28. The molecule has 0 radical (unpaired) electrons. The van der Waals surface area contributed by atoms with Crippen LogP contribution in [0.5, 0.6) is 5.75 Å². The maximum atomic E-state index is 14.1. The maximum Gasteiger partial charge on any atom is 0.160 e. The number of rotatable bonds is 9. The molecular weight excluding hydrogens is 575 g/mol. The largest absolute Gasteiger partial charge is 0.488 e. The number of nitrogens with two attached hydrogens (primary N) is 1. The first-order chi connectivity index (χ1) is 20.5. The van der Waals surface area contributed by atoms with E-state index in [1.165, 1.54) is 0 Å². The van der Waals surface area contributed by atoms with Gasteiger partial charge in [0.05, 0.1) is 0 Å². The molecule has 0 fully saturated rings. The van der Waals surface area contributed by atoms with E-state index in [9.17, 15) is 4.79 Å². The van der Waals surface area contributed by atoms with Crippen molar-refractivity contribution < 1.29 is 9.53 Å². The van der Waals surface area contributed by atoms with Gasteiger partial charge in [0.25, 0.3) is 0 Å². The van der Waals surface area contributed by atoms with Crippen molar-refractivity contribution in [3.8, 4) is 5.75 Å². The molecule has 1 aliphatic carbocycles. The predicted molar refractivity (Wildman–Crippen MR) is 183 cm³/mol. The Morgan fingerprint density at radius 1 is 0.953 bits per heavy atom. The number of anilines is 2. The summed E-state index contributed by atoms with van der Waals surface area (Å²) in [5, 5.41) is 3.31. The smallest absolute Gasteiger partial charge is 0.160 e. The first kappa shape index (κ1) is 31.0. The zero-order valence-electron chi connectivity index (χ0n) is 25.6. The molecule has 224 valence electrons. The van der Waals surface area contributed by atoms with Crippen molar-refractivity contribution >= 4 is 56.7 Å². The number of ether oxygens (including phenoxy) is 1. The van der Waals surface area contributed by atoms with E-state index >= 15 is 0 Å². The molecule has 5 rings (SSSR count). The Morgan fingerprint density at radius 3 is 2.42 bits per heavy atom. The standard InChI is InChI=1S/C37H40Cl2N2O2/c1-6-41(7-2)27-15-16-28(34(19-27)43-22-25-12-14-26(38)18-31(25)39)23(3)35-30(20-37(4,5)21-33(35)42)36-29-11-9-8-10-24(29)13-17-32(36)40/h8-19,23H,6-7,20-22,40H2,1-5H3/t23-/m0/s1. The summed E-state index contributed by atoms with van der Waals surface area (Å²) in [6.45, 7) is 12.7. The lowest BCUT2D eigenvalue weighted by molar-refractivity contribution is -0.118. The summed E-state index contributed by atoms with van der Waals surface area (Å²) < 4.78 is 6.53. The zero-order valence-corrected chi connectivity index (χ0v) is 27.1. The zero-order chi connectivity index (χ0) is 30.9. The summed E-state index contributed by atoms with van der Waals surface area (Å²) in [6, 6.07) is 24.0. The molecule has 43 heavy (non-hydrogen) atoms. The number of hydrogen-bond donors (Lipinski definition) is 1. The molecule has 0 aromatic heterocycles. The Bertz CT molecular complexity index is 1700. The topological polar surface area (TPSA) is 55.6 Å². The number of benzene rings is 4. The van der Waals surface area contributed by atoms with Crippen LogP contribution in [-0.2, 0) is 11.4 Å². The third-order valence-electron chi connectivity index (χ3n) is 8.61. The van der Waals surface area contributed by atoms with E-state index in [0.29, 0.717) is 22.2 Å². The minimum atomic E-state index is -0.224. The van der Waals surface area contributed by atoms with Gasteiger partial charge in [0.2, 0.25) is 0 Å². The van der Waals surface area contributed by atoms with Gasteiger partial charge in [-0.3, -0.25) is 4.79 Å². The van der Waals surface area contributed by atoms with Crippen molar-refractivity contribution in [3.05, 3.63) is 105 Å². The highest BCUT2D eigenvalue weighted by molar-refractivity contribution is 6.35. The minimum Gasteiger partial charge on any atom is -0.488 e. The Morgan fingerprint density at radius 2 is 1.70 bits per heavy atom. The first-order valence-corrected chi connectivity index (χ1v) is 15.8. The summed E-state index contributed by atoms with van der Waals surface area (Å²) in [7, 11) is 0. The molecule has 0 amide bonds. The fraction of sp³-hybridized carbons (Fsp3) is 0.324. The van der Waals surface area contributed by atoms with E-state index < -0.39 is 0 Å². The summed E-state index contributed by atoms with van der Waals surface area (Å²) >= 11 is 12.6. The van der Waals surface area contributed by atoms with Crippen LogP contribution in [0.25, 0.3) is 16.3 Å². The van der Waals surface area contributed by atoms with Gasteiger partial charge >= 0.3 is 0 Å². The van der Waals surface area contributed by atoms with Crippen LogP contribution in [0.3, 0.4) is 0 Å². The molecule has 4 aromatic carbocycles. The maximum absolute atomic E-state index is 14.1. The molecular formula is C37H40Cl2N2O2. The first-order valence-electron chi connectivity index (χ1n) is 15.0. The Labute approximate surface area is 265 Å².